The van der Waals surface area contributed by atoms with E-state index < -0.39 is 12.1 Å². The van der Waals surface area contributed by atoms with Gasteiger partial charge in [0.25, 0.3) is 0 Å². The van der Waals surface area contributed by atoms with Crippen molar-refractivity contribution in [3.8, 4) is 5.75 Å². The molecule has 0 radical (unpaired) electrons. The predicted molar refractivity (Wildman–Crippen MR) is 129 cm³/mol. The van der Waals surface area contributed by atoms with Gasteiger partial charge < -0.3 is 19.3 Å². The molecule has 0 spiro atoms. The van der Waals surface area contributed by atoms with Crippen molar-refractivity contribution >= 4 is 17.7 Å². The maximum absolute atomic E-state index is 11.3. The van der Waals surface area contributed by atoms with E-state index in [2.05, 4.69) is 48.5 Å². The third kappa shape index (κ3) is 5.96. The lowest BCUT2D eigenvalue weighted by Crippen LogP contribution is -2.26. The average Bonchev–Trinajstić information content (AvgIpc) is 2.99. The second-order valence-electron chi connectivity index (χ2n) is 7.75. The monoisotopic (exact) mass is 464 g/mol. The Morgan fingerprint density at radius 1 is 1.00 bits per heavy atom. The zero-order valence-corrected chi connectivity index (χ0v) is 19.4. The van der Waals surface area contributed by atoms with Gasteiger partial charge in [-0.25, -0.2) is 4.79 Å². The summed E-state index contributed by atoms with van der Waals surface area (Å²) in [7, 11) is 0. The highest BCUT2D eigenvalue weighted by Gasteiger charge is 2.24. The second kappa shape index (κ2) is 11.4. The van der Waals surface area contributed by atoms with Crippen molar-refractivity contribution in [2.24, 2.45) is 0 Å². The third-order valence-electron chi connectivity index (χ3n) is 5.55. The number of hydrogen-bond donors (Lipinski definition) is 1. The Morgan fingerprint density at radius 2 is 1.73 bits per heavy atom. The van der Waals surface area contributed by atoms with Gasteiger partial charge in [-0.15, -0.1) is 11.8 Å². The molecule has 0 fully saturated rings. The normalized spacial score (nSPS) is 15.7. The summed E-state index contributed by atoms with van der Waals surface area (Å²) in [4.78, 5) is 12.5. The zero-order chi connectivity index (χ0) is 23.0. The van der Waals surface area contributed by atoms with Crippen LogP contribution in [0.1, 0.15) is 35.3 Å². The highest BCUT2D eigenvalue weighted by molar-refractivity contribution is 7.98. The molecule has 3 aromatic rings. The molecule has 0 aliphatic carbocycles. The van der Waals surface area contributed by atoms with Gasteiger partial charge in [-0.3, -0.25) is 0 Å². The van der Waals surface area contributed by atoms with Gasteiger partial charge in [0.2, 0.25) is 0 Å². The number of fused-ring (bicyclic) bond motifs is 2. The van der Waals surface area contributed by atoms with Crippen molar-refractivity contribution in [1.82, 2.24) is 0 Å². The first-order valence-corrected chi connectivity index (χ1v) is 12.1. The van der Waals surface area contributed by atoms with E-state index in [-0.39, 0.29) is 6.10 Å². The smallest absolute Gasteiger partial charge is 0.333 e. The van der Waals surface area contributed by atoms with Crippen LogP contribution >= 0.6 is 11.8 Å². The van der Waals surface area contributed by atoms with Crippen LogP contribution in [0.5, 0.6) is 5.75 Å². The molecule has 0 amide bonds. The van der Waals surface area contributed by atoms with Crippen LogP contribution in [-0.2, 0) is 26.4 Å². The number of rotatable bonds is 10. The van der Waals surface area contributed by atoms with Crippen LogP contribution < -0.4 is 4.74 Å². The Bertz CT molecular complexity index is 1020. The number of carboxylic acid groups (broad SMARTS) is 1. The number of aliphatic carboxylic acids is 1. The van der Waals surface area contributed by atoms with E-state index in [9.17, 15) is 9.90 Å². The molecule has 2 unspecified atom stereocenters. The molecule has 6 heteroatoms. The van der Waals surface area contributed by atoms with E-state index in [1.165, 1.54) is 21.6 Å². The molecule has 0 aromatic heterocycles. The fourth-order valence-corrected chi connectivity index (χ4v) is 5.02. The van der Waals surface area contributed by atoms with Gasteiger partial charge in [-0.2, -0.15) is 0 Å². The molecule has 0 saturated heterocycles. The molecule has 5 nitrogen and oxygen atoms in total. The molecule has 2 atom stereocenters. The fraction of sp³-hybridized carbons (Fsp3) is 0.296. The van der Waals surface area contributed by atoms with Crippen LogP contribution in [-0.4, -0.2) is 37.0 Å². The summed E-state index contributed by atoms with van der Waals surface area (Å²) in [5.74, 6) is 0.708. The van der Waals surface area contributed by atoms with Crippen molar-refractivity contribution in [3.05, 3.63) is 95.1 Å². The zero-order valence-electron chi connectivity index (χ0n) is 18.6. The Morgan fingerprint density at radius 3 is 2.48 bits per heavy atom. The Kier molecular flexibility index (Phi) is 8.05. The van der Waals surface area contributed by atoms with Crippen molar-refractivity contribution in [2.45, 2.75) is 36.2 Å². The number of ether oxygens (including phenoxy) is 3. The summed E-state index contributed by atoms with van der Waals surface area (Å²) in [6.45, 7) is 3.03. The Hall–Kier alpha value is -2.80. The maximum Gasteiger partial charge on any atom is 0.333 e. The maximum atomic E-state index is 11.3. The van der Waals surface area contributed by atoms with E-state index in [4.69, 9.17) is 14.2 Å². The van der Waals surface area contributed by atoms with E-state index in [1.807, 2.05) is 36.0 Å². The van der Waals surface area contributed by atoms with Crippen LogP contribution in [0.2, 0.25) is 0 Å². The fourth-order valence-electron chi connectivity index (χ4n) is 3.93. The lowest BCUT2D eigenvalue weighted by molar-refractivity contribution is -0.149. The first-order valence-electron chi connectivity index (χ1n) is 11.1. The number of carboxylic acids is 1. The highest BCUT2D eigenvalue weighted by atomic mass is 32.2. The summed E-state index contributed by atoms with van der Waals surface area (Å²) in [6.07, 6.45) is -0.631. The largest absolute Gasteiger partial charge is 0.491 e. The number of carbonyl (C=O) groups is 1. The van der Waals surface area contributed by atoms with Crippen LogP contribution in [0, 0.1) is 0 Å². The van der Waals surface area contributed by atoms with Gasteiger partial charge >= 0.3 is 5.97 Å². The number of benzene rings is 3. The lowest BCUT2D eigenvalue weighted by Gasteiger charge is -2.21. The summed E-state index contributed by atoms with van der Waals surface area (Å²) in [6, 6.07) is 24.3. The second-order valence-corrected chi connectivity index (χ2v) is 8.77. The lowest BCUT2D eigenvalue weighted by atomic mass is 9.97. The molecule has 172 valence electrons. The van der Waals surface area contributed by atoms with Crippen molar-refractivity contribution in [1.29, 1.82) is 0 Å². The molecule has 1 N–H and O–H groups in total. The summed E-state index contributed by atoms with van der Waals surface area (Å²) in [5.41, 5.74) is 4.59. The van der Waals surface area contributed by atoms with Crippen LogP contribution in [0.4, 0.5) is 0 Å². The van der Waals surface area contributed by atoms with E-state index in [1.54, 1.807) is 6.92 Å². The van der Waals surface area contributed by atoms with Crippen molar-refractivity contribution in [3.63, 3.8) is 0 Å². The molecule has 1 heterocycles. The quantitative estimate of drug-likeness (QED) is 0.399. The first kappa shape index (κ1) is 23.4. The molecule has 33 heavy (non-hydrogen) atoms. The Labute approximate surface area is 198 Å². The number of hydrogen-bond acceptors (Lipinski definition) is 5. The first-order chi connectivity index (χ1) is 16.2. The summed E-state index contributed by atoms with van der Waals surface area (Å²) >= 11 is 1.85. The number of thioether (sulfide) groups is 1. The van der Waals surface area contributed by atoms with Gasteiger partial charge in [0.1, 0.15) is 18.5 Å². The van der Waals surface area contributed by atoms with Crippen LogP contribution in [0.25, 0.3) is 0 Å². The van der Waals surface area contributed by atoms with Gasteiger partial charge in [-0.1, -0.05) is 54.6 Å². The summed E-state index contributed by atoms with van der Waals surface area (Å²) in [5, 5.41) is 9.25. The molecule has 4 rings (SSSR count). The average molecular weight is 465 g/mol. The summed E-state index contributed by atoms with van der Waals surface area (Å²) < 4.78 is 17.5. The predicted octanol–water partition coefficient (Wildman–Crippen LogP) is 5.51. The van der Waals surface area contributed by atoms with E-state index >= 15 is 0 Å². The highest BCUT2D eigenvalue weighted by Crippen LogP contribution is 2.40. The molecular formula is C27H28O5S. The molecule has 3 aromatic carbocycles. The topological polar surface area (TPSA) is 65.0 Å². The van der Waals surface area contributed by atoms with Crippen molar-refractivity contribution < 1.29 is 24.1 Å². The van der Waals surface area contributed by atoms with Gasteiger partial charge in [0, 0.05) is 23.7 Å². The van der Waals surface area contributed by atoms with Gasteiger partial charge in [0.15, 0.2) is 6.10 Å². The molecule has 1 aliphatic heterocycles. The van der Waals surface area contributed by atoms with Crippen molar-refractivity contribution in [2.75, 3.05) is 19.8 Å². The van der Waals surface area contributed by atoms with Gasteiger partial charge in [0.05, 0.1) is 6.61 Å². The molecular weight excluding hydrogens is 436 g/mol. The minimum absolute atomic E-state index is 0.120. The van der Waals surface area contributed by atoms with E-state index in [0.29, 0.717) is 26.2 Å². The standard InChI is InChI=1S/C27H28O5S/c1-2-30-24(27(28)29)17-19-11-13-21(14-12-19)31-15-16-32-26-22-8-4-3-7-20(22)18-33-25-10-6-5-9-23(25)26/h3-14,24,26H,2,15-18H2,1H3,(H,28,29). The minimum Gasteiger partial charge on any atom is -0.491 e. The van der Waals surface area contributed by atoms with Crippen LogP contribution in [0.3, 0.4) is 0 Å². The van der Waals surface area contributed by atoms with Gasteiger partial charge in [-0.05, 0) is 47.4 Å². The minimum atomic E-state index is -0.950. The third-order valence-corrected chi connectivity index (χ3v) is 6.68. The Balaban J connectivity index is 1.35. The van der Waals surface area contributed by atoms with Crippen LogP contribution in [0.15, 0.2) is 77.7 Å². The molecule has 0 saturated carbocycles. The molecule has 1 aliphatic rings. The molecule has 0 bridgehead atoms. The van der Waals surface area contributed by atoms with E-state index in [0.717, 1.165) is 17.1 Å². The SMILES string of the molecule is CCOC(Cc1ccc(OCCOC2c3ccccc3CSc3ccccc32)cc1)C(=O)O.